The minimum atomic E-state index is -4.23. The average Bonchev–Trinajstić information content (AvgIpc) is 3.11. The summed E-state index contributed by atoms with van der Waals surface area (Å²) < 4.78 is 37.2. The minimum Gasteiger partial charge on any atom is -0.467 e. The van der Waals surface area contributed by atoms with Crippen molar-refractivity contribution in [2.24, 2.45) is 0 Å². The molecule has 0 saturated heterocycles. The third-order valence-corrected chi connectivity index (χ3v) is 11.9. The van der Waals surface area contributed by atoms with Crippen molar-refractivity contribution in [3.05, 3.63) is 119 Å². The second kappa shape index (κ2) is 14.5. The van der Waals surface area contributed by atoms with Crippen LogP contribution in [0.5, 0.6) is 5.88 Å². The first-order valence-corrected chi connectivity index (χ1v) is 19.9. The monoisotopic (exact) mass is 745 g/mol. The molecule has 54 heavy (non-hydrogen) atoms. The molecule has 2 aromatic heterocycles. The highest BCUT2D eigenvalue weighted by Gasteiger charge is 2.34. The fraction of sp³-hybridized carbons (Fsp3) is 0.357. The van der Waals surface area contributed by atoms with Crippen LogP contribution in [0.15, 0.2) is 90.1 Å². The number of carbonyl (C=O) groups excluding carboxylic acids is 1. The molecule has 1 amide bonds. The highest BCUT2D eigenvalue weighted by atomic mass is 32.2. The second-order valence-electron chi connectivity index (χ2n) is 15.5. The van der Waals surface area contributed by atoms with E-state index in [1.165, 1.54) is 18.6 Å². The maximum absolute atomic E-state index is 14.8. The van der Waals surface area contributed by atoms with E-state index in [1.54, 1.807) is 35.5 Å². The highest BCUT2D eigenvalue weighted by Crippen LogP contribution is 2.35. The summed E-state index contributed by atoms with van der Waals surface area (Å²) in [5.74, 6) is 0.363. The summed E-state index contributed by atoms with van der Waals surface area (Å²) in [7, 11) is -2.20. The molecule has 4 bridgehead atoms. The molecule has 7 rings (SSSR count). The molecule has 12 heteroatoms. The van der Waals surface area contributed by atoms with E-state index in [0.717, 1.165) is 46.5 Å². The number of sulfonamides is 1. The van der Waals surface area contributed by atoms with Gasteiger partial charge in [0.05, 0.1) is 41.3 Å². The van der Waals surface area contributed by atoms with E-state index in [4.69, 9.17) is 14.7 Å². The zero-order chi connectivity index (χ0) is 38.4. The van der Waals surface area contributed by atoms with Gasteiger partial charge in [0.25, 0.3) is 15.9 Å². The van der Waals surface area contributed by atoms with Crippen LogP contribution >= 0.6 is 0 Å². The summed E-state index contributed by atoms with van der Waals surface area (Å²) in [6, 6.07) is 21.7. The van der Waals surface area contributed by atoms with Crippen molar-refractivity contribution in [2.45, 2.75) is 95.8 Å². The summed E-state index contributed by atoms with van der Waals surface area (Å²) in [6.07, 6.45) is 6.06. The Balaban J connectivity index is 1.40. The fourth-order valence-electron chi connectivity index (χ4n) is 7.11. The summed E-state index contributed by atoms with van der Waals surface area (Å²) >= 11 is 0. The molecular formula is C42H47N7O4S. The van der Waals surface area contributed by atoms with Crippen LogP contribution in [-0.4, -0.2) is 58.3 Å². The molecular weight excluding hydrogens is 699 g/mol. The van der Waals surface area contributed by atoms with Crippen molar-refractivity contribution in [3.63, 3.8) is 0 Å². The van der Waals surface area contributed by atoms with Gasteiger partial charge in [-0.05, 0) is 85.9 Å². The summed E-state index contributed by atoms with van der Waals surface area (Å²) in [6.45, 7) is 12.5. The zero-order valence-corrected chi connectivity index (χ0v) is 32.7. The topological polar surface area (TPSA) is 131 Å². The third kappa shape index (κ3) is 7.52. The van der Waals surface area contributed by atoms with Crippen LogP contribution in [0.4, 0.5) is 11.8 Å². The normalized spacial score (nSPS) is 18.6. The van der Waals surface area contributed by atoms with Crippen LogP contribution in [0, 0.1) is 13.8 Å². The number of amides is 1. The highest BCUT2D eigenvalue weighted by molar-refractivity contribution is 7.92. The average molecular weight is 746 g/mol. The van der Waals surface area contributed by atoms with Gasteiger partial charge in [0, 0.05) is 30.3 Å². The van der Waals surface area contributed by atoms with Gasteiger partial charge in [-0.15, -0.1) is 0 Å². The van der Waals surface area contributed by atoms with Gasteiger partial charge in [-0.2, -0.15) is 4.98 Å². The van der Waals surface area contributed by atoms with Gasteiger partial charge in [-0.3, -0.25) is 9.78 Å². The number of aromatic nitrogens is 4. The van der Waals surface area contributed by atoms with Crippen LogP contribution in [-0.2, 0) is 22.0 Å². The largest absolute Gasteiger partial charge is 0.467 e. The summed E-state index contributed by atoms with van der Waals surface area (Å²) in [5.41, 5.74) is 5.94. The molecule has 2 atom stereocenters. The Kier molecular flexibility index (Phi) is 9.91. The number of nitrogens with one attached hydrogen (secondary N) is 1. The van der Waals surface area contributed by atoms with Gasteiger partial charge in [0.1, 0.15) is 11.9 Å². The van der Waals surface area contributed by atoms with Gasteiger partial charge in [-0.25, -0.2) is 23.1 Å². The van der Waals surface area contributed by atoms with Crippen molar-refractivity contribution in [1.29, 1.82) is 0 Å². The summed E-state index contributed by atoms with van der Waals surface area (Å²) in [5, 5.41) is 0. The molecule has 1 N–H and O–H groups in total. The fourth-order valence-corrected chi connectivity index (χ4v) is 8.10. The Morgan fingerprint density at radius 1 is 0.926 bits per heavy atom. The standard InChI is InChI=1S/C42H47N7O4S/c1-26-11-8-12-27(2)38(26)35-22-37-46-41(45-35)47-54(51,52)34-16-9-13-30(21-34)40(50)49(25-32-23-43-24-36(44-32)48(7)33-14-10-15-33)28(3)39(53-37)29-17-19-31(20-18-29)42(4,5)6/h8-9,11-13,16-24,28,33,39H,10,14-15,25H2,1-7H3,(H,45,46,47)/t28-,39?/m1/s1. The Bertz CT molecular complexity index is 2280. The lowest BCUT2D eigenvalue weighted by atomic mass is 9.86. The van der Waals surface area contributed by atoms with E-state index in [9.17, 15) is 13.2 Å². The number of benzene rings is 3. The number of aryl methyl sites for hydroxylation is 2. The van der Waals surface area contributed by atoms with Crippen LogP contribution in [0.25, 0.3) is 11.3 Å². The molecule has 3 heterocycles. The molecule has 1 aliphatic heterocycles. The van der Waals surface area contributed by atoms with E-state index in [2.05, 4.69) is 52.5 Å². The van der Waals surface area contributed by atoms with Crippen molar-refractivity contribution < 1.29 is 17.9 Å². The first-order chi connectivity index (χ1) is 25.7. The van der Waals surface area contributed by atoms with Gasteiger partial charge in [0.15, 0.2) is 0 Å². The Morgan fingerprint density at radius 2 is 1.63 bits per heavy atom. The van der Waals surface area contributed by atoms with Gasteiger partial charge < -0.3 is 14.5 Å². The van der Waals surface area contributed by atoms with Gasteiger partial charge in [0.2, 0.25) is 11.8 Å². The van der Waals surface area contributed by atoms with Gasteiger partial charge in [-0.1, -0.05) is 69.3 Å². The number of ether oxygens (including phenoxy) is 1. The Hall–Kier alpha value is -5.36. The minimum absolute atomic E-state index is 0.0852. The number of hydrogen-bond acceptors (Lipinski definition) is 9. The quantitative estimate of drug-likeness (QED) is 0.185. The molecule has 280 valence electrons. The molecule has 1 aliphatic carbocycles. The summed E-state index contributed by atoms with van der Waals surface area (Å²) in [4.78, 5) is 37.3. The number of carbonyl (C=O) groups is 1. The van der Waals surface area contributed by atoms with Crippen LogP contribution < -0.4 is 14.4 Å². The number of hydrogen-bond donors (Lipinski definition) is 1. The molecule has 1 unspecified atom stereocenters. The third-order valence-electron chi connectivity index (χ3n) is 10.6. The van der Waals surface area contributed by atoms with Crippen LogP contribution in [0.1, 0.15) is 91.4 Å². The lowest BCUT2D eigenvalue weighted by Crippen LogP contribution is -2.43. The van der Waals surface area contributed by atoms with Crippen LogP contribution in [0.3, 0.4) is 0 Å². The molecule has 0 radical (unpaired) electrons. The van der Waals surface area contributed by atoms with E-state index < -0.39 is 22.2 Å². The predicted octanol–water partition coefficient (Wildman–Crippen LogP) is 7.80. The van der Waals surface area contributed by atoms with E-state index in [1.807, 2.05) is 58.2 Å². The second-order valence-corrected chi connectivity index (χ2v) is 17.1. The Labute approximate surface area is 317 Å². The van der Waals surface area contributed by atoms with Crippen molar-refractivity contribution >= 4 is 27.7 Å². The van der Waals surface area contributed by atoms with E-state index >= 15 is 0 Å². The smallest absolute Gasteiger partial charge is 0.264 e. The maximum atomic E-state index is 14.8. The molecule has 0 spiro atoms. The number of rotatable bonds is 6. The SMILES string of the molecule is Cc1cccc(C)c1-c1cc2nc(n1)NS(=O)(=O)c1cccc(c1)C(=O)N(Cc1cncc(N(C)C3CCC3)n1)[C@H](C)C(c1ccc(C(C)(C)C)cc1)O2. The first kappa shape index (κ1) is 37.0. The molecule has 5 aromatic rings. The lowest BCUT2D eigenvalue weighted by Gasteiger charge is -2.36. The van der Waals surface area contributed by atoms with Gasteiger partial charge >= 0.3 is 0 Å². The lowest BCUT2D eigenvalue weighted by molar-refractivity contribution is 0.0433. The zero-order valence-electron chi connectivity index (χ0n) is 31.9. The molecule has 1 fully saturated rings. The first-order valence-electron chi connectivity index (χ1n) is 18.4. The molecule has 3 aromatic carbocycles. The number of anilines is 2. The molecule has 11 nitrogen and oxygen atoms in total. The number of nitrogens with zero attached hydrogens (tertiary/aromatic N) is 6. The van der Waals surface area contributed by atoms with Crippen molar-refractivity contribution in [2.75, 3.05) is 16.7 Å². The molecule has 1 saturated carbocycles. The molecule has 2 aliphatic rings. The van der Waals surface area contributed by atoms with Crippen molar-refractivity contribution in [3.8, 4) is 17.1 Å². The van der Waals surface area contributed by atoms with Crippen molar-refractivity contribution in [1.82, 2.24) is 24.8 Å². The predicted molar refractivity (Wildman–Crippen MR) is 210 cm³/mol. The van der Waals surface area contributed by atoms with E-state index in [0.29, 0.717) is 17.4 Å². The number of fused-ring (bicyclic) bond motifs is 4. The van der Waals surface area contributed by atoms with Crippen LogP contribution in [0.2, 0.25) is 0 Å². The maximum Gasteiger partial charge on any atom is 0.264 e. The van der Waals surface area contributed by atoms with E-state index in [-0.39, 0.29) is 40.2 Å². The Morgan fingerprint density at radius 3 is 2.30 bits per heavy atom.